The highest BCUT2D eigenvalue weighted by Crippen LogP contribution is 2.22. The van der Waals surface area contributed by atoms with E-state index in [4.69, 9.17) is 9.88 Å². The van der Waals surface area contributed by atoms with Gasteiger partial charge in [0.05, 0.1) is 10.6 Å². The van der Waals surface area contributed by atoms with Crippen LogP contribution in [0.4, 0.5) is 5.69 Å². The number of para-hydroxylation sites is 1. The van der Waals surface area contributed by atoms with Crippen LogP contribution in [0.5, 0.6) is 5.75 Å². The van der Waals surface area contributed by atoms with Gasteiger partial charge in [0.25, 0.3) is 5.91 Å². The summed E-state index contributed by atoms with van der Waals surface area (Å²) in [5.74, 6) is -0.156. The number of aromatic nitrogens is 1. The Kier molecular flexibility index (Phi) is 6.77. The predicted octanol–water partition coefficient (Wildman–Crippen LogP) is 2.85. The summed E-state index contributed by atoms with van der Waals surface area (Å²) >= 11 is 0. The van der Waals surface area contributed by atoms with E-state index in [1.165, 1.54) is 30.3 Å². The number of amides is 1. The number of carbonyl (C=O) groups excluding carboxylic acids is 1. The number of primary sulfonamides is 1. The van der Waals surface area contributed by atoms with Crippen LogP contribution in [0.25, 0.3) is 6.08 Å². The minimum absolute atomic E-state index is 0.0828. The van der Waals surface area contributed by atoms with E-state index in [1.54, 1.807) is 36.5 Å². The molecule has 0 saturated heterocycles. The standard InChI is InChI=1S/C22H18N4O4S/c23-14-17(22(27)26-18-8-10-20(11-9-18)31(24,28)29)13-16-5-1-2-7-21(16)30-15-19-6-3-4-12-25-19/h1-13H,15H2,(H,26,27)(H2,24,28,29)/b17-13+. The lowest BCUT2D eigenvalue weighted by atomic mass is 10.1. The number of benzene rings is 2. The van der Waals surface area contributed by atoms with Crippen molar-refractivity contribution in [1.29, 1.82) is 5.26 Å². The second kappa shape index (κ2) is 9.67. The Balaban J connectivity index is 1.76. The average molecular weight is 434 g/mol. The normalized spacial score (nSPS) is 11.4. The van der Waals surface area contributed by atoms with Crippen molar-refractivity contribution in [2.24, 2.45) is 5.14 Å². The molecule has 2 aromatic carbocycles. The zero-order valence-corrected chi connectivity index (χ0v) is 17.0. The van der Waals surface area contributed by atoms with E-state index < -0.39 is 15.9 Å². The van der Waals surface area contributed by atoms with Crippen LogP contribution in [0.2, 0.25) is 0 Å². The molecule has 9 heteroatoms. The fourth-order valence-electron chi connectivity index (χ4n) is 2.60. The lowest BCUT2D eigenvalue weighted by Gasteiger charge is -2.09. The van der Waals surface area contributed by atoms with Crippen LogP contribution in [0.1, 0.15) is 11.3 Å². The smallest absolute Gasteiger partial charge is 0.266 e. The van der Waals surface area contributed by atoms with Gasteiger partial charge in [-0.05, 0) is 48.5 Å². The SMILES string of the molecule is N#C/C(=C\c1ccccc1OCc1ccccn1)C(=O)Nc1ccc(S(N)(=O)=O)cc1. The molecule has 0 unspecified atom stereocenters. The van der Waals surface area contributed by atoms with Crippen LogP contribution < -0.4 is 15.2 Å². The summed E-state index contributed by atoms with van der Waals surface area (Å²) in [6, 6.07) is 19.7. The summed E-state index contributed by atoms with van der Waals surface area (Å²) in [6.07, 6.45) is 3.08. The molecule has 0 aliphatic carbocycles. The van der Waals surface area contributed by atoms with Gasteiger partial charge in [-0.15, -0.1) is 0 Å². The molecular weight excluding hydrogens is 416 g/mol. The Morgan fingerprint density at radius 3 is 2.45 bits per heavy atom. The molecule has 0 saturated carbocycles. The molecule has 1 heterocycles. The molecule has 31 heavy (non-hydrogen) atoms. The molecule has 0 spiro atoms. The van der Waals surface area contributed by atoms with Gasteiger partial charge in [-0.2, -0.15) is 5.26 Å². The number of anilines is 1. The maximum atomic E-state index is 12.5. The maximum absolute atomic E-state index is 12.5. The Morgan fingerprint density at radius 1 is 1.10 bits per heavy atom. The number of hydrogen-bond donors (Lipinski definition) is 2. The van der Waals surface area contributed by atoms with Crippen molar-refractivity contribution < 1.29 is 17.9 Å². The van der Waals surface area contributed by atoms with Gasteiger partial charge in [0, 0.05) is 17.4 Å². The van der Waals surface area contributed by atoms with Crippen LogP contribution >= 0.6 is 0 Å². The number of sulfonamides is 1. The van der Waals surface area contributed by atoms with Gasteiger partial charge in [-0.3, -0.25) is 9.78 Å². The van der Waals surface area contributed by atoms with E-state index in [0.29, 0.717) is 17.0 Å². The largest absolute Gasteiger partial charge is 0.487 e. The summed E-state index contributed by atoms with van der Waals surface area (Å²) in [5, 5.41) is 17.1. The molecule has 0 bridgehead atoms. The minimum atomic E-state index is -3.83. The highest BCUT2D eigenvalue weighted by molar-refractivity contribution is 7.89. The second-order valence-corrected chi connectivity index (χ2v) is 7.90. The number of nitrogens with two attached hydrogens (primary N) is 1. The Bertz CT molecular complexity index is 1250. The number of nitrogens with one attached hydrogen (secondary N) is 1. The molecule has 0 aliphatic heterocycles. The van der Waals surface area contributed by atoms with Gasteiger partial charge in [0.1, 0.15) is 24.0 Å². The molecule has 1 aromatic heterocycles. The van der Waals surface area contributed by atoms with Gasteiger partial charge in [-0.25, -0.2) is 13.6 Å². The van der Waals surface area contributed by atoms with Crippen molar-refractivity contribution in [3.63, 3.8) is 0 Å². The number of nitrogens with zero attached hydrogens (tertiary/aromatic N) is 2. The Hall–Kier alpha value is -4.00. The first kappa shape index (κ1) is 21.7. The second-order valence-electron chi connectivity index (χ2n) is 6.34. The maximum Gasteiger partial charge on any atom is 0.266 e. The number of hydrogen-bond acceptors (Lipinski definition) is 6. The molecule has 3 N–H and O–H groups in total. The molecule has 0 fully saturated rings. The number of rotatable bonds is 7. The average Bonchev–Trinajstić information content (AvgIpc) is 2.77. The van der Waals surface area contributed by atoms with Crippen molar-refractivity contribution in [1.82, 2.24) is 4.98 Å². The van der Waals surface area contributed by atoms with E-state index in [-0.39, 0.29) is 17.1 Å². The van der Waals surface area contributed by atoms with E-state index in [1.807, 2.05) is 18.2 Å². The monoisotopic (exact) mass is 434 g/mol. The van der Waals surface area contributed by atoms with Crippen LogP contribution in [-0.4, -0.2) is 19.3 Å². The molecule has 0 radical (unpaired) electrons. The molecule has 156 valence electrons. The van der Waals surface area contributed by atoms with E-state index in [9.17, 15) is 18.5 Å². The summed E-state index contributed by atoms with van der Waals surface area (Å²) in [4.78, 5) is 16.6. The molecule has 1 amide bonds. The molecule has 3 rings (SSSR count). The van der Waals surface area contributed by atoms with Crippen molar-refractivity contribution in [2.45, 2.75) is 11.5 Å². The highest BCUT2D eigenvalue weighted by atomic mass is 32.2. The van der Waals surface area contributed by atoms with Gasteiger partial charge in [0.2, 0.25) is 10.0 Å². The summed E-state index contributed by atoms with van der Waals surface area (Å²) in [6.45, 7) is 0.232. The van der Waals surface area contributed by atoms with Crippen molar-refractivity contribution in [3.8, 4) is 11.8 Å². The fraction of sp³-hybridized carbons (Fsp3) is 0.0455. The van der Waals surface area contributed by atoms with Crippen LogP contribution in [-0.2, 0) is 21.4 Å². The topological polar surface area (TPSA) is 135 Å². The third kappa shape index (κ3) is 5.99. The fourth-order valence-corrected chi connectivity index (χ4v) is 3.11. The molecular formula is C22H18N4O4S. The van der Waals surface area contributed by atoms with E-state index in [0.717, 1.165) is 5.69 Å². The van der Waals surface area contributed by atoms with Crippen molar-refractivity contribution in [3.05, 3.63) is 89.8 Å². The molecule has 0 aliphatic rings. The van der Waals surface area contributed by atoms with Gasteiger partial charge in [-0.1, -0.05) is 24.3 Å². The van der Waals surface area contributed by atoms with E-state index >= 15 is 0 Å². The van der Waals surface area contributed by atoms with Gasteiger partial charge in [0.15, 0.2) is 0 Å². The van der Waals surface area contributed by atoms with Crippen molar-refractivity contribution in [2.75, 3.05) is 5.32 Å². The van der Waals surface area contributed by atoms with Gasteiger partial charge >= 0.3 is 0 Å². The summed E-state index contributed by atoms with van der Waals surface area (Å²) < 4.78 is 28.4. The van der Waals surface area contributed by atoms with Crippen LogP contribution in [0.15, 0.2) is 83.4 Å². The first-order valence-electron chi connectivity index (χ1n) is 9.04. The Morgan fingerprint density at radius 2 is 1.81 bits per heavy atom. The lowest BCUT2D eigenvalue weighted by Crippen LogP contribution is -2.14. The number of carbonyl (C=O) groups is 1. The molecule has 3 aromatic rings. The van der Waals surface area contributed by atoms with Crippen molar-refractivity contribution >= 4 is 27.7 Å². The molecule has 8 nitrogen and oxygen atoms in total. The summed E-state index contributed by atoms with van der Waals surface area (Å²) in [5.41, 5.74) is 1.46. The third-order valence-electron chi connectivity index (χ3n) is 4.13. The zero-order valence-electron chi connectivity index (χ0n) is 16.2. The number of pyridine rings is 1. The number of nitriles is 1. The number of ether oxygens (including phenoxy) is 1. The third-order valence-corrected chi connectivity index (χ3v) is 5.06. The van der Waals surface area contributed by atoms with E-state index in [2.05, 4.69) is 10.3 Å². The van der Waals surface area contributed by atoms with Crippen LogP contribution in [0, 0.1) is 11.3 Å². The summed E-state index contributed by atoms with van der Waals surface area (Å²) in [7, 11) is -3.83. The van der Waals surface area contributed by atoms with Crippen LogP contribution in [0.3, 0.4) is 0 Å². The minimum Gasteiger partial charge on any atom is -0.487 e. The van der Waals surface area contributed by atoms with Gasteiger partial charge < -0.3 is 10.1 Å². The lowest BCUT2D eigenvalue weighted by molar-refractivity contribution is -0.112. The quantitative estimate of drug-likeness (QED) is 0.434. The first-order chi connectivity index (χ1) is 14.9. The Labute approximate surface area is 179 Å². The predicted molar refractivity (Wildman–Crippen MR) is 115 cm³/mol. The zero-order chi connectivity index (χ0) is 22.3. The molecule has 0 atom stereocenters. The first-order valence-corrected chi connectivity index (χ1v) is 10.6. The highest BCUT2D eigenvalue weighted by Gasteiger charge is 2.13.